The first-order valence-electron chi connectivity index (χ1n) is 6.03. The summed E-state index contributed by atoms with van der Waals surface area (Å²) in [5, 5.41) is 15.8. The van der Waals surface area contributed by atoms with Crippen LogP contribution in [-0.4, -0.2) is 31.5 Å². The number of rotatable bonds is 4. The summed E-state index contributed by atoms with van der Waals surface area (Å²) >= 11 is 0. The number of carbonyl (C=O) groups is 1. The molecule has 0 bridgehead atoms. The fraction of sp³-hybridized carbons (Fsp3) is 0.364. The van der Waals surface area contributed by atoms with Gasteiger partial charge < -0.3 is 10.6 Å². The SMILES string of the molecule is Nc1c(N2CC(CS(N)(=O)=O)CC2=O)cccc1[N+](=O)[O-]. The molecule has 1 heterocycles. The van der Waals surface area contributed by atoms with Crippen molar-refractivity contribution in [3.63, 3.8) is 0 Å². The highest BCUT2D eigenvalue weighted by Gasteiger charge is 2.34. The lowest BCUT2D eigenvalue weighted by atomic mass is 10.1. The van der Waals surface area contributed by atoms with Crippen LogP contribution < -0.4 is 15.8 Å². The number of nitrogen functional groups attached to an aromatic ring is 1. The van der Waals surface area contributed by atoms with E-state index in [4.69, 9.17) is 10.9 Å². The fourth-order valence-corrected chi connectivity index (χ4v) is 3.27. The minimum atomic E-state index is -3.69. The maximum absolute atomic E-state index is 12.0. The first-order valence-corrected chi connectivity index (χ1v) is 7.74. The second-order valence-corrected chi connectivity index (χ2v) is 6.53. The topological polar surface area (TPSA) is 150 Å². The van der Waals surface area contributed by atoms with E-state index in [-0.39, 0.29) is 41.7 Å². The number of primary sulfonamides is 1. The van der Waals surface area contributed by atoms with Crippen LogP contribution in [0.15, 0.2) is 18.2 Å². The Balaban J connectivity index is 2.29. The van der Waals surface area contributed by atoms with E-state index < -0.39 is 20.9 Å². The summed E-state index contributed by atoms with van der Waals surface area (Å²) in [5.74, 6) is -1.11. The van der Waals surface area contributed by atoms with Gasteiger partial charge in [-0.1, -0.05) is 6.07 Å². The molecule has 1 amide bonds. The molecule has 1 aromatic rings. The zero-order valence-electron chi connectivity index (χ0n) is 10.9. The maximum atomic E-state index is 12.0. The van der Waals surface area contributed by atoms with E-state index in [0.717, 1.165) is 0 Å². The van der Waals surface area contributed by atoms with Gasteiger partial charge in [-0.2, -0.15) is 0 Å². The first-order chi connectivity index (χ1) is 9.69. The Hall–Kier alpha value is -2.20. The van der Waals surface area contributed by atoms with Gasteiger partial charge in [0, 0.05) is 24.9 Å². The number of nitro benzene ring substituents is 1. The van der Waals surface area contributed by atoms with Crippen molar-refractivity contribution in [1.82, 2.24) is 0 Å². The number of amides is 1. The highest BCUT2D eigenvalue weighted by Crippen LogP contribution is 2.35. The normalized spacial score (nSPS) is 19.0. The minimum Gasteiger partial charge on any atom is -0.391 e. The van der Waals surface area contributed by atoms with Crippen LogP contribution in [-0.2, 0) is 14.8 Å². The van der Waals surface area contributed by atoms with Crippen molar-refractivity contribution in [1.29, 1.82) is 0 Å². The average Bonchev–Trinajstić information content (AvgIpc) is 2.67. The number of hydrogen-bond donors (Lipinski definition) is 2. The van der Waals surface area contributed by atoms with Gasteiger partial charge in [-0.15, -0.1) is 0 Å². The van der Waals surface area contributed by atoms with Crippen molar-refractivity contribution in [3.05, 3.63) is 28.3 Å². The molecular formula is C11H14N4O5S. The Morgan fingerprint density at radius 3 is 2.67 bits per heavy atom. The third kappa shape index (κ3) is 3.28. The second kappa shape index (κ2) is 5.30. The molecule has 1 saturated heterocycles. The van der Waals surface area contributed by atoms with Crippen molar-refractivity contribution in [2.24, 2.45) is 11.1 Å². The number of carbonyl (C=O) groups excluding carboxylic acids is 1. The quantitative estimate of drug-likeness (QED) is 0.447. The van der Waals surface area contributed by atoms with Gasteiger partial charge >= 0.3 is 0 Å². The summed E-state index contributed by atoms with van der Waals surface area (Å²) < 4.78 is 22.2. The van der Waals surface area contributed by atoms with Crippen LogP contribution >= 0.6 is 0 Å². The van der Waals surface area contributed by atoms with Gasteiger partial charge in [0.15, 0.2) is 0 Å². The monoisotopic (exact) mass is 314 g/mol. The number of para-hydroxylation sites is 1. The van der Waals surface area contributed by atoms with Crippen LogP contribution in [0.25, 0.3) is 0 Å². The van der Waals surface area contributed by atoms with Crippen molar-refractivity contribution in [2.75, 3.05) is 22.9 Å². The van der Waals surface area contributed by atoms with Crippen molar-refractivity contribution in [3.8, 4) is 0 Å². The maximum Gasteiger partial charge on any atom is 0.294 e. The lowest BCUT2D eigenvalue weighted by molar-refractivity contribution is -0.383. The Labute approximate surface area is 120 Å². The van der Waals surface area contributed by atoms with Gasteiger partial charge in [0.25, 0.3) is 5.69 Å². The molecule has 0 spiro atoms. The highest BCUT2D eigenvalue weighted by molar-refractivity contribution is 7.89. The van der Waals surface area contributed by atoms with E-state index in [2.05, 4.69) is 0 Å². The van der Waals surface area contributed by atoms with E-state index in [0.29, 0.717) is 0 Å². The number of benzene rings is 1. The van der Waals surface area contributed by atoms with Crippen LogP contribution in [0.2, 0.25) is 0 Å². The average molecular weight is 314 g/mol. The summed E-state index contributed by atoms with van der Waals surface area (Å²) in [4.78, 5) is 23.4. The molecule has 1 unspecified atom stereocenters. The molecule has 1 aliphatic rings. The van der Waals surface area contributed by atoms with E-state index in [1.807, 2.05) is 0 Å². The number of anilines is 2. The molecule has 114 valence electrons. The summed E-state index contributed by atoms with van der Waals surface area (Å²) in [6, 6.07) is 4.14. The van der Waals surface area contributed by atoms with Crippen LogP contribution in [0.4, 0.5) is 17.1 Å². The largest absolute Gasteiger partial charge is 0.391 e. The van der Waals surface area contributed by atoms with Crippen molar-refractivity contribution >= 4 is 33.0 Å². The van der Waals surface area contributed by atoms with Crippen LogP contribution in [0, 0.1) is 16.0 Å². The van der Waals surface area contributed by atoms with Gasteiger partial charge in [-0.3, -0.25) is 14.9 Å². The molecule has 1 aromatic carbocycles. The molecule has 4 N–H and O–H groups in total. The molecule has 9 nitrogen and oxygen atoms in total. The first kappa shape index (κ1) is 15.2. The minimum absolute atomic E-state index is 0.0125. The van der Waals surface area contributed by atoms with E-state index in [1.165, 1.54) is 23.1 Å². The number of nitro groups is 1. The van der Waals surface area contributed by atoms with E-state index >= 15 is 0 Å². The summed E-state index contributed by atoms with van der Waals surface area (Å²) in [6.07, 6.45) is 0.0125. The van der Waals surface area contributed by atoms with Crippen LogP contribution in [0.5, 0.6) is 0 Å². The number of nitrogens with two attached hydrogens (primary N) is 2. The van der Waals surface area contributed by atoms with E-state index in [9.17, 15) is 23.3 Å². The molecule has 1 fully saturated rings. The Morgan fingerprint density at radius 1 is 1.43 bits per heavy atom. The second-order valence-electron chi connectivity index (χ2n) is 4.87. The smallest absolute Gasteiger partial charge is 0.294 e. The van der Waals surface area contributed by atoms with Crippen molar-refractivity contribution in [2.45, 2.75) is 6.42 Å². The molecule has 1 atom stereocenters. The lowest BCUT2D eigenvalue weighted by Crippen LogP contribution is -2.28. The predicted molar refractivity (Wildman–Crippen MR) is 75.9 cm³/mol. The molecule has 10 heteroatoms. The number of nitrogens with zero attached hydrogens (tertiary/aromatic N) is 2. The molecule has 21 heavy (non-hydrogen) atoms. The molecular weight excluding hydrogens is 300 g/mol. The van der Waals surface area contributed by atoms with Crippen LogP contribution in [0.1, 0.15) is 6.42 Å². The van der Waals surface area contributed by atoms with Gasteiger partial charge in [-0.05, 0) is 6.07 Å². The van der Waals surface area contributed by atoms with Crippen molar-refractivity contribution < 1.29 is 18.1 Å². The van der Waals surface area contributed by atoms with Gasteiger partial charge in [0.2, 0.25) is 15.9 Å². The Kier molecular flexibility index (Phi) is 3.83. The number of sulfonamides is 1. The third-order valence-corrected chi connectivity index (χ3v) is 4.16. The van der Waals surface area contributed by atoms with E-state index in [1.54, 1.807) is 0 Å². The standard InChI is InChI=1S/C11H14N4O5S/c12-11-8(2-1-3-9(11)15(17)18)14-5-7(4-10(14)16)6-21(13,19)20/h1-3,7H,4-6,12H2,(H2,13,19,20). The third-order valence-electron chi connectivity index (χ3n) is 3.22. The number of hydrogen-bond acceptors (Lipinski definition) is 6. The summed E-state index contributed by atoms with van der Waals surface area (Å²) in [5.41, 5.74) is 5.52. The fourth-order valence-electron chi connectivity index (χ4n) is 2.39. The molecule has 1 aliphatic heterocycles. The molecule has 0 aromatic heterocycles. The van der Waals surface area contributed by atoms with Gasteiger partial charge in [-0.25, -0.2) is 13.6 Å². The summed E-state index contributed by atoms with van der Waals surface area (Å²) in [6.45, 7) is 0.112. The molecule has 0 saturated carbocycles. The predicted octanol–water partition coefficient (Wildman–Crippen LogP) is -0.182. The molecule has 0 aliphatic carbocycles. The van der Waals surface area contributed by atoms with Crippen LogP contribution in [0.3, 0.4) is 0 Å². The summed E-state index contributed by atoms with van der Waals surface area (Å²) in [7, 11) is -3.69. The zero-order valence-corrected chi connectivity index (χ0v) is 11.7. The molecule has 0 radical (unpaired) electrons. The Morgan fingerprint density at radius 2 is 2.10 bits per heavy atom. The zero-order chi connectivity index (χ0) is 15.8. The lowest BCUT2D eigenvalue weighted by Gasteiger charge is -2.18. The highest BCUT2D eigenvalue weighted by atomic mass is 32.2. The van der Waals surface area contributed by atoms with Gasteiger partial charge in [0.05, 0.1) is 16.4 Å². The molecule has 2 rings (SSSR count). The van der Waals surface area contributed by atoms with Gasteiger partial charge in [0.1, 0.15) is 5.69 Å². The Bertz CT molecular complexity index is 703.